The van der Waals surface area contributed by atoms with Gasteiger partial charge in [0, 0.05) is 10.7 Å². The van der Waals surface area contributed by atoms with Gasteiger partial charge >= 0.3 is 0 Å². The van der Waals surface area contributed by atoms with Crippen LogP contribution in [0.1, 0.15) is 12.5 Å². The topological polar surface area (TPSA) is 97.1 Å². The van der Waals surface area contributed by atoms with Gasteiger partial charge in [0.25, 0.3) is 5.56 Å². The number of hydrogen-bond acceptors (Lipinski definition) is 6. The van der Waals surface area contributed by atoms with Crippen LogP contribution in [-0.2, 0) is 11.2 Å². The standard InChI is InChI=1S/C19H17BrN4O3S/c1-2-14-17(26)23-19(24(18(14)27)13-6-4-3-5-7-13)28-11-16(25)22-15-9-8-12(20)10-21-15/h3-10,26H,2,11H2,1H3,(H,21,22,25). The number of halogens is 1. The van der Waals surface area contributed by atoms with Crippen molar-refractivity contribution < 1.29 is 9.90 Å². The van der Waals surface area contributed by atoms with E-state index in [-0.39, 0.29) is 33.8 Å². The van der Waals surface area contributed by atoms with Gasteiger partial charge in [0.05, 0.1) is 17.0 Å². The van der Waals surface area contributed by atoms with Gasteiger partial charge in [-0.05, 0) is 46.6 Å². The van der Waals surface area contributed by atoms with Crippen molar-refractivity contribution in [3.8, 4) is 11.6 Å². The Morgan fingerprint density at radius 3 is 2.64 bits per heavy atom. The van der Waals surface area contributed by atoms with Crippen molar-refractivity contribution in [2.45, 2.75) is 18.5 Å². The largest absolute Gasteiger partial charge is 0.493 e. The minimum atomic E-state index is -0.348. The van der Waals surface area contributed by atoms with Crippen LogP contribution in [0.15, 0.2) is 63.1 Å². The van der Waals surface area contributed by atoms with E-state index in [1.165, 1.54) is 4.57 Å². The first-order valence-corrected chi connectivity index (χ1v) is 10.2. The molecule has 28 heavy (non-hydrogen) atoms. The van der Waals surface area contributed by atoms with E-state index in [4.69, 9.17) is 0 Å². The molecule has 0 spiro atoms. The van der Waals surface area contributed by atoms with Crippen LogP contribution in [0.5, 0.6) is 5.88 Å². The Balaban J connectivity index is 1.86. The number of nitrogens with one attached hydrogen (secondary N) is 1. The summed E-state index contributed by atoms with van der Waals surface area (Å²) in [5, 5.41) is 13.0. The van der Waals surface area contributed by atoms with Gasteiger partial charge in [0.1, 0.15) is 5.82 Å². The third kappa shape index (κ3) is 4.60. The summed E-state index contributed by atoms with van der Waals surface area (Å²) in [5.41, 5.74) is 0.502. The van der Waals surface area contributed by atoms with E-state index < -0.39 is 0 Å². The van der Waals surface area contributed by atoms with Crippen LogP contribution < -0.4 is 10.9 Å². The highest BCUT2D eigenvalue weighted by atomic mass is 79.9. The molecule has 2 aromatic heterocycles. The number of carbonyl (C=O) groups excluding carboxylic acids is 1. The molecule has 144 valence electrons. The first-order chi connectivity index (χ1) is 13.5. The Hall–Kier alpha value is -2.65. The molecule has 0 saturated carbocycles. The molecule has 7 nitrogen and oxygen atoms in total. The molecular formula is C19H17BrN4O3S. The van der Waals surface area contributed by atoms with Crippen LogP contribution in [0.3, 0.4) is 0 Å². The molecule has 2 N–H and O–H groups in total. The average Bonchev–Trinajstić information content (AvgIpc) is 2.69. The lowest BCUT2D eigenvalue weighted by Crippen LogP contribution is -2.25. The second-order valence-electron chi connectivity index (χ2n) is 5.72. The highest BCUT2D eigenvalue weighted by molar-refractivity contribution is 9.10. The van der Waals surface area contributed by atoms with E-state index in [1.54, 1.807) is 49.5 Å². The number of thioether (sulfide) groups is 1. The molecule has 0 saturated heterocycles. The maximum Gasteiger partial charge on any atom is 0.265 e. The van der Waals surface area contributed by atoms with Crippen LogP contribution in [0.2, 0.25) is 0 Å². The molecule has 0 unspecified atom stereocenters. The summed E-state index contributed by atoms with van der Waals surface area (Å²) in [7, 11) is 0. The Kier molecular flexibility index (Phi) is 6.48. The first kappa shape index (κ1) is 20.1. The fourth-order valence-electron chi connectivity index (χ4n) is 2.50. The summed E-state index contributed by atoms with van der Waals surface area (Å²) in [6, 6.07) is 12.4. The maximum atomic E-state index is 12.8. The molecule has 2 heterocycles. The SMILES string of the molecule is CCc1c(O)nc(SCC(=O)Nc2ccc(Br)cn2)n(-c2ccccc2)c1=O. The normalized spacial score (nSPS) is 10.6. The number of nitrogens with zero attached hydrogens (tertiary/aromatic N) is 3. The van der Waals surface area contributed by atoms with Crippen molar-refractivity contribution in [1.29, 1.82) is 0 Å². The van der Waals surface area contributed by atoms with Crippen molar-refractivity contribution in [3.63, 3.8) is 0 Å². The molecule has 0 radical (unpaired) electrons. The smallest absolute Gasteiger partial charge is 0.265 e. The lowest BCUT2D eigenvalue weighted by molar-refractivity contribution is -0.113. The molecule has 1 amide bonds. The van der Waals surface area contributed by atoms with Crippen LogP contribution in [0.25, 0.3) is 5.69 Å². The number of benzene rings is 1. The fourth-order valence-corrected chi connectivity index (χ4v) is 3.53. The minimum absolute atomic E-state index is 0.00191. The van der Waals surface area contributed by atoms with E-state index in [9.17, 15) is 14.7 Å². The molecule has 0 bridgehead atoms. The van der Waals surface area contributed by atoms with Crippen molar-refractivity contribution in [2.75, 3.05) is 11.1 Å². The van der Waals surface area contributed by atoms with Crippen molar-refractivity contribution >= 4 is 39.4 Å². The summed E-state index contributed by atoms with van der Waals surface area (Å²) in [6.45, 7) is 1.78. The number of carbonyl (C=O) groups is 1. The van der Waals surface area contributed by atoms with Crippen LogP contribution in [-0.4, -0.2) is 31.3 Å². The lowest BCUT2D eigenvalue weighted by atomic mass is 10.2. The Bertz CT molecular complexity index is 1040. The third-order valence-electron chi connectivity index (χ3n) is 3.82. The van der Waals surface area contributed by atoms with Gasteiger partial charge < -0.3 is 10.4 Å². The highest BCUT2D eigenvalue weighted by Gasteiger charge is 2.17. The summed E-state index contributed by atoms with van der Waals surface area (Å²) >= 11 is 4.35. The van der Waals surface area contributed by atoms with Crippen LogP contribution in [0, 0.1) is 0 Å². The zero-order valence-corrected chi connectivity index (χ0v) is 17.3. The van der Waals surface area contributed by atoms with Crippen molar-refractivity contribution in [3.05, 3.63) is 69.1 Å². The Morgan fingerprint density at radius 2 is 2.00 bits per heavy atom. The van der Waals surface area contributed by atoms with Crippen molar-refractivity contribution in [1.82, 2.24) is 14.5 Å². The Morgan fingerprint density at radius 1 is 1.25 bits per heavy atom. The van der Waals surface area contributed by atoms with Crippen LogP contribution >= 0.6 is 27.7 Å². The summed E-state index contributed by atoms with van der Waals surface area (Å²) in [5.74, 6) is -0.182. The van der Waals surface area contributed by atoms with E-state index in [0.717, 1.165) is 16.2 Å². The molecule has 1 aromatic carbocycles. The molecule has 9 heteroatoms. The Labute approximate surface area is 174 Å². The molecule has 3 rings (SSSR count). The number of pyridine rings is 1. The molecule has 0 aliphatic rings. The predicted octanol–water partition coefficient (Wildman–Crippen LogP) is 3.39. The van der Waals surface area contributed by atoms with Gasteiger partial charge in [0.2, 0.25) is 11.8 Å². The van der Waals surface area contributed by atoms with Gasteiger partial charge in [-0.2, -0.15) is 4.98 Å². The summed E-state index contributed by atoms with van der Waals surface area (Å²) < 4.78 is 2.22. The number of anilines is 1. The second kappa shape index (κ2) is 9.03. The third-order valence-corrected chi connectivity index (χ3v) is 5.23. The zero-order valence-electron chi connectivity index (χ0n) is 14.9. The summed E-state index contributed by atoms with van der Waals surface area (Å²) in [6.07, 6.45) is 1.93. The summed E-state index contributed by atoms with van der Waals surface area (Å²) in [4.78, 5) is 33.3. The van der Waals surface area contributed by atoms with E-state index in [0.29, 0.717) is 17.9 Å². The van der Waals surface area contributed by atoms with Crippen molar-refractivity contribution in [2.24, 2.45) is 0 Å². The number of aromatic nitrogens is 3. The number of rotatable bonds is 6. The number of hydrogen-bond donors (Lipinski definition) is 2. The van der Waals surface area contributed by atoms with Gasteiger partial charge in [-0.1, -0.05) is 36.9 Å². The molecule has 0 atom stereocenters. The van der Waals surface area contributed by atoms with Gasteiger partial charge in [-0.15, -0.1) is 0 Å². The average molecular weight is 461 g/mol. The molecule has 0 fully saturated rings. The monoisotopic (exact) mass is 460 g/mol. The van der Waals surface area contributed by atoms with E-state index >= 15 is 0 Å². The van der Waals surface area contributed by atoms with Gasteiger partial charge in [-0.3, -0.25) is 14.2 Å². The number of aromatic hydroxyl groups is 1. The number of para-hydroxylation sites is 1. The second-order valence-corrected chi connectivity index (χ2v) is 7.58. The molecule has 0 aliphatic carbocycles. The maximum absolute atomic E-state index is 12.8. The zero-order chi connectivity index (χ0) is 20.1. The molecular weight excluding hydrogens is 444 g/mol. The molecule has 0 aliphatic heterocycles. The lowest BCUT2D eigenvalue weighted by Gasteiger charge is -2.14. The van der Waals surface area contributed by atoms with Gasteiger partial charge in [0.15, 0.2) is 5.16 Å². The van der Waals surface area contributed by atoms with E-state index in [2.05, 4.69) is 31.2 Å². The predicted molar refractivity (Wildman–Crippen MR) is 112 cm³/mol. The minimum Gasteiger partial charge on any atom is -0.493 e. The molecule has 3 aromatic rings. The fraction of sp³-hybridized carbons (Fsp3) is 0.158. The van der Waals surface area contributed by atoms with E-state index in [1.807, 2.05) is 6.07 Å². The first-order valence-electron chi connectivity index (χ1n) is 8.44. The highest BCUT2D eigenvalue weighted by Crippen LogP contribution is 2.23. The van der Waals surface area contributed by atoms with Crippen LogP contribution in [0.4, 0.5) is 5.82 Å². The number of amides is 1. The quantitative estimate of drug-likeness (QED) is 0.432. The van der Waals surface area contributed by atoms with Gasteiger partial charge in [-0.25, -0.2) is 4.98 Å².